The summed E-state index contributed by atoms with van der Waals surface area (Å²) in [7, 11) is 0. The lowest BCUT2D eigenvalue weighted by molar-refractivity contribution is 0.312. The highest BCUT2D eigenvalue weighted by Gasteiger charge is 2.01. The van der Waals surface area contributed by atoms with Crippen molar-refractivity contribution in [3.05, 3.63) is 36.5 Å². The van der Waals surface area contributed by atoms with E-state index < -0.39 is 0 Å². The van der Waals surface area contributed by atoms with Crippen LogP contribution in [0.2, 0.25) is 0 Å². The zero-order chi connectivity index (χ0) is 11.9. The van der Waals surface area contributed by atoms with Gasteiger partial charge in [-0.15, -0.1) is 0 Å². The summed E-state index contributed by atoms with van der Waals surface area (Å²) in [5, 5.41) is 4.36. The number of nitrogens with zero attached hydrogens (tertiary/aromatic N) is 1. The van der Waals surface area contributed by atoms with Gasteiger partial charge in [0, 0.05) is 11.6 Å². The third kappa shape index (κ3) is 3.17. The van der Waals surface area contributed by atoms with Gasteiger partial charge in [0.2, 0.25) is 0 Å². The Morgan fingerprint density at radius 2 is 2.18 bits per heavy atom. The summed E-state index contributed by atoms with van der Waals surface area (Å²) in [4.78, 5) is 4.31. The molecule has 0 fully saturated rings. The molecule has 2 aromatic rings. The van der Waals surface area contributed by atoms with Crippen molar-refractivity contribution in [1.29, 1.82) is 0 Å². The van der Waals surface area contributed by atoms with Crippen LogP contribution in [0.25, 0.3) is 10.9 Å². The molecule has 3 heteroatoms. The lowest BCUT2D eigenvalue weighted by atomic mass is 10.2. The van der Waals surface area contributed by atoms with E-state index in [1.54, 1.807) is 6.20 Å². The first kappa shape index (κ1) is 11.9. The lowest BCUT2D eigenvalue weighted by Gasteiger charge is -2.08. The van der Waals surface area contributed by atoms with Crippen molar-refractivity contribution in [2.24, 2.45) is 0 Å². The summed E-state index contributed by atoms with van der Waals surface area (Å²) < 4.78 is 5.79. The Kier molecular flexibility index (Phi) is 4.33. The fraction of sp³-hybridized carbons (Fsp3) is 0.357. The van der Waals surface area contributed by atoms with E-state index in [4.69, 9.17) is 4.74 Å². The highest BCUT2D eigenvalue weighted by molar-refractivity contribution is 5.84. The Bertz CT molecular complexity index is 465. The highest BCUT2D eigenvalue weighted by Crippen LogP contribution is 2.23. The number of aromatic nitrogens is 1. The summed E-state index contributed by atoms with van der Waals surface area (Å²) in [6, 6.07) is 9.96. The number of nitrogens with one attached hydrogen (secondary N) is 1. The van der Waals surface area contributed by atoms with Crippen LogP contribution in [0, 0.1) is 0 Å². The number of benzene rings is 1. The van der Waals surface area contributed by atoms with E-state index in [9.17, 15) is 0 Å². The van der Waals surface area contributed by atoms with Crippen LogP contribution in [0.15, 0.2) is 36.5 Å². The molecule has 2 rings (SSSR count). The molecule has 1 N–H and O–H groups in total. The molecule has 1 aromatic carbocycles. The van der Waals surface area contributed by atoms with Gasteiger partial charge in [0.15, 0.2) is 0 Å². The molecule has 17 heavy (non-hydrogen) atoms. The Balaban J connectivity index is 1.98. The molecule has 0 aliphatic carbocycles. The summed E-state index contributed by atoms with van der Waals surface area (Å²) in [6.45, 7) is 4.86. The van der Waals surface area contributed by atoms with Crippen molar-refractivity contribution in [1.82, 2.24) is 10.3 Å². The fourth-order valence-electron chi connectivity index (χ4n) is 1.76. The van der Waals surface area contributed by atoms with Crippen LogP contribution in [0.1, 0.15) is 13.3 Å². The number of fused-ring (bicyclic) bond motifs is 1. The molecule has 90 valence electrons. The second-order valence-corrected chi connectivity index (χ2v) is 3.88. The van der Waals surface area contributed by atoms with Crippen molar-refractivity contribution >= 4 is 10.9 Å². The first-order valence-corrected chi connectivity index (χ1v) is 6.09. The van der Waals surface area contributed by atoms with Crippen LogP contribution >= 0.6 is 0 Å². The molecule has 0 amide bonds. The van der Waals surface area contributed by atoms with Gasteiger partial charge in [-0.25, -0.2) is 0 Å². The molecule has 0 spiro atoms. The van der Waals surface area contributed by atoms with Crippen LogP contribution < -0.4 is 10.1 Å². The summed E-state index contributed by atoms with van der Waals surface area (Å²) in [5.41, 5.74) is 0.983. The average Bonchev–Trinajstić information content (AvgIpc) is 2.39. The van der Waals surface area contributed by atoms with Crippen molar-refractivity contribution in [2.45, 2.75) is 13.3 Å². The van der Waals surface area contributed by atoms with Crippen molar-refractivity contribution in [3.63, 3.8) is 0 Å². The van der Waals surface area contributed by atoms with E-state index in [0.717, 1.165) is 42.8 Å². The Labute approximate surface area is 102 Å². The van der Waals surface area contributed by atoms with Crippen molar-refractivity contribution in [2.75, 3.05) is 19.7 Å². The number of ether oxygens (including phenoxy) is 1. The molecule has 0 saturated heterocycles. The van der Waals surface area contributed by atoms with Gasteiger partial charge in [0.05, 0.1) is 12.1 Å². The number of hydrogen-bond donors (Lipinski definition) is 1. The monoisotopic (exact) mass is 230 g/mol. The Morgan fingerprint density at radius 3 is 3.06 bits per heavy atom. The largest absolute Gasteiger partial charge is 0.493 e. The van der Waals surface area contributed by atoms with Gasteiger partial charge in [-0.2, -0.15) is 0 Å². The molecule has 1 heterocycles. The Hall–Kier alpha value is -1.61. The maximum Gasteiger partial charge on any atom is 0.128 e. The zero-order valence-corrected chi connectivity index (χ0v) is 10.1. The van der Waals surface area contributed by atoms with Gasteiger partial charge in [-0.05, 0) is 43.8 Å². The van der Waals surface area contributed by atoms with E-state index in [1.165, 1.54) is 0 Å². The van der Waals surface area contributed by atoms with Gasteiger partial charge in [0.25, 0.3) is 0 Å². The van der Waals surface area contributed by atoms with Gasteiger partial charge in [-0.3, -0.25) is 4.98 Å². The summed E-state index contributed by atoms with van der Waals surface area (Å²) >= 11 is 0. The number of pyridine rings is 1. The third-order valence-corrected chi connectivity index (χ3v) is 2.61. The number of rotatable bonds is 6. The molecule has 0 atom stereocenters. The molecule has 0 aliphatic heterocycles. The first-order chi connectivity index (χ1) is 8.42. The molecular weight excluding hydrogens is 212 g/mol. The van der Waals surface area contributed by atoms with Crippen molar-refractivity contribution < 1.29 is 4.74 Å². The normalized spacial score (nSPS) is 10.6. The lowest BCUT2D eigenvalue weighted by Crippen LogP contribution is -2.16. The highest BCUT2D eigenvalue weighted by atomic mass is 16.5. The molecular formula is C14H18N2O. The quantitative estimate of drug-likeness (QED) is 0.775. The molecule has 0 bridgehead atoms. The molecule has 3 nitrogen and oxygen atoms in total. The van der Waals surface area contributed by atoms with Gasteiger partial charge >= 0.3 is 0 Å². The van der Waals surface area contributed by atoms with Crippen LogP contribution in [0.3, 0.4) is 0 Å². The predicted molar refractivity (Wildman–Crippen MR) is 70.4 cm³/mol. The fourth-order valence-corrected chi connectivity index (χ4v) is 1.76. The van der Waals surface area contributed by atoms with E-state index in [-0.39, 0.29) is 0 Å². The topological polar surface area (TPSA) is 34.1 Å². The van der Waals surface area contributed by atoms with Gasteiger partial charge < -0.3 is 10.1 Å². The van der Waals surface area contributed by atoms with Crippen LogP contribution in [0.5, 0.6) is 5.75 Å². The SMILES string of the molecule is CCNCCCOc1cccc2ncccc12. The minimum Gasteiger partial charge on any atom is -0.493 e. The van der Waals surface area contributed by atoms with E-state index >= 15 is 0 Å². The summed E-state index contributed by atoms with van der Waals surface area (Å²) in [5.74, 6) is 0.923. The Morgan fingerprint density at radius 1 is 1.24 bits per heavy atom. The van der Waals surface area contributed by atoms with Crippen LogP contribution in [-0.4, -0.2) is 24.7 Å². The molecule has 0 saturated carbocycles. The maximum atomic E-state index is 5.79. The molecule has 0 radical (unpaired) electrons. The van der Waals surface area contributed by atoms with Crippen LogP contribution in [-0.2, 0) is 0 Å². The standard InChI is InChI=1S/C14H18N2O/c1-2-15-9-5-11-17-14-8-3-7-13-12(14)6-4-10-16-13/h3-4,6-8,10,15H,2,5,9,11H2,1H3. The zero-order valence-electron chi connectivity index (χ0n) is 10.1. The van der Waals surface area contributed by atoms with Gasteiger partial charge in [-0.1, -0.05) is 13.0 Å². The predicted octanol–water partition coefficient (Wildman–Crippen LogP) is 2.61. The average molecular weight is 230 g/mol. The maximum absolute atomic E-state index is 5.79. The van der Waals surface area contributed by atoms with Crippen molar-refractivity contribution in [3.8, 4) is 5.75 Å². The minimum absolute atomic E-state index is 0.737. The van der Waals surface area contributed by atoms with Crippen LogP contribution in [0.4, 0.5) is 0 Å². The van der Waals surface area contributed by atoms with E-state index in [1.807, 2.05) is 30.3 Å². The smallest absolute Gasteiger partial charge is 0.128 e. The van der Waals surface area contributed by atoms with E-state index in [2.05, 4.69) is 17.2 Å². The van der Waals surface area contributed by atoms with Gasteiger partial charge in [0.1, 0.15) is 5.75 Å². The minimum atomic E-state index is 0.737. The third-order valence-electron chi connectivity index (χ3n) is 2.61. The summed E-state index contributed by atoms with van der Waals surface area (Å²) in [6.07, 6.45) is 2.82. The molecule has 1 aromatic heterocycles. The second-order valence-electron chi connectivity index (χ2n) is 3.88. The number of hydrogen-bond acceptors (Lipinski definition) is 3. The molecule has 0 aliphatic rings. The first-order valence-electron chi connectivity index (χ1n) is 6.09. The van der Waals surface area contributed by atoms with E-state index in [0.29, 0.717) is 0 Å². The molecule has 0 unspecified atom stereocenters. The second kappa shape index (κ2) is 6.21.